The minimum absolute atomic E-state index is 0.465. The van der Waals surface area contributed by atoms with Crippen LogP contribution in [0.5, 0.6) is 5.75 Å². The fraction of sp³-hybridized carbons (Fsp3) is 0.0714. The molecule has 21 heavy (non-hydrogen) atoms. The first-order valence-electron chi connectivity index (χ1n) is 6.17. The van der Waals surface area contributed by atoms with Crippen LogP contribution in [0.2, 0.25) is 5.02 Å². The maximum atomic E-state index is 6.05. The number of rotatable bonds is 3. The Kier molecular flexibility index (Phi) is 3.45. The molecule has 0 aliphatic carbocycles. The summed E-state index contributed by atoms with van der Waals surface area (Å²) in [5.41, 5.74) is 7.81. The van der Waals surface area contributed by atoms with Gasteiger partial charge in [0.2, 0.25) is 0 Å². The van der Waals surface area contributed by atoms with Gasteiger partial charge in [-0.1, -0.05) is 17.7 Å². The molecule has 0 atom stereocenters. The highest BCUT2D eigenvalue weighted by Gasteiger charge is 2.12. The zero-order chi connectivity index (χ0) is 14.8. The Labute approximate surface area is 126 Å². The summed E-state index contributed by atoms with van der Waals surface area (Å²) < 4.78 is 6.83. The molecular weight excluding hydrogens is 290 g/mol. The number of hydrogen-bond donors (Lipinski definition) is 1. The Morgan fingerprint density at radius 3 is 2.81 bits per heavy atom. The van der Waals surface area contributed by atoms with Crippen LogP contribution in [0.4, 0.5) is 5.69 Å². The molecule has 2 N–H and O–H groups in total. The second kappa shape index (κ2) is 5.41. The Balaban J connectivity index is 2.09. The molecule has 0 unspecified atom stereocenters. The lowest BCUT2D eigenvalue weighted by molar-refractivity contribution is 0.414. The van der Waals surface area contributed by atoms with E-state index in [2.05, 4.69) is 15.5 Å². The molecule has 1 heterocycles. The molecule has 0 aliphatic heterocycles. The van der Waals surface area contributed by atoms with Crippen LogP contribution in [0.3, 0.4) is 0 Å². The maximum absolute atomic E-state index is 6.05. The van der Waals surface area contributed by atoms with Crippen molar-refractivity contribution in [2.45, 2.75) is 0 Å². The number of ether oxygens (including phenoxy) is 1. The first-order valence-corrected chi connectivity index (χ1v) is 6.55. The largest absolute Gasteiger partial charge is 0.497 e. The van der Waals surface area contributed by atoms with E-state index >= 15 is 0 Å². The molecule has 0 aliphatic rings. The van der Waals surface area contributed by atoms with Crippen molar-refractivity contribution in [2.24, 2.45) is 0 Å². The predicted octanol–water partition coefficient (Wildman–Crippen LogP) is 2.57. The third-order valence-corrected chi connectivity index (χ3v) is 3.35. The molecule has 0 saturated heterocycles. The van der Waals surface area contributed by atoms with E-state index in [-0.39, 0.29) is 0 Å². The van der Waals surface area contributed by atoms with Crippen LogP contribution in [0.25, 0.3) is 17.1 Å². The minimum Gasteiger partial charge on any atom is -0.497 e. The summed E-state index contributed by atoms with van der Waals surface area (Å²) in [5.74, 6) is 1.30. The van der Waals surface area contributed by atoms with Gasteiger partial charge in [0.05, 0.1) is 23.5 Å². The lowest BCUT2D eigenvalue weighted by Crippen LogP contribution is -2.00. The Bertz CT molecular complexity index is 787. The highest BCUT2D eigenvalue weighted by Crippen LogP contribution is 2.27. The molecule has 3 rings (SSSR count). The fourth-order valence-corrected chi connectivity index (χ4v) is 2.13. The number of methoxy groups -OCH3 is 1. The van der Waals surface area contributed by atoms with Crippen LogP contribution in [-0.4, -0.2) is 27.3 Å². The monoisotopic (exact) mass is 301 g/mol. The number of hydrogen-bond acceptors (Lipinski definition) is 5. The van der Waals surface area contributed by atoms with Crippen LogP contribution in [-0.2, 0) is 0 Å². The zero-order valence-electron chi connectivity index (χ0n) is 11.2. The Hall–Kier alpha value is -2.60. The van der Waals surface area contributed by atoms with Gasteiger partial charge in [0, 0.05) is 11.6 Å². The second-order valence-corrected chi connectivity index (χ2v) is 4.76. The lowest BCUT2D eigenvalue weighted by atomic mass is 10.2. The van der Waals surface area contributed by atoms with Gasteiger partial charge in [0.25, 0.3) is 0 Å². The van der Waals surface area contributed by atoms with E-state index in [1.807, 2.05) is 30.3 Å². The fourth-order valence-electron chi connectivity index (χ4n) is 1.95. The number of nitrogens with two attached hydrogens (primary N) is 1. The first-order chi connectivity index (χ1) is 10.2. The van der Waals surface area contributed by atoms with Gasteiger partial charge >= 0.3 is 0 Å². The van der Waals surface area contributed by atoms with Crippen LogP contribution >= 0.6 is 11.6 Å². The summed E-state index contributed by atoms with van der Waals surface area (Å²) >= 11 is 6.05. The molecule has 1 aromatic heterocycles. The highest BCUT2D eigenvalue weighted by molar-refractivity contribution is 6.33. The van der Waals surface area contributed by atoms with Gasteiger partial charge in [0.1, 0.15) is 5.75 Å². The number of halogens is 1. The third kappa shape index (κ3) is 2.53. The van der Waals surface area contributed by atoms with E-state index in [1.165, 1.54) is 0 Å². The first kappa shape index (κ1) is 13.4. The van der Waals surface area contributed by atoms with E-state index in [0.717, 1.165) is 17.0 Å². The molecule has 0 fully saturated rings. The SMILES string of the molecule is COc1cccc(-n2nnnc2-c2ccc(N)c(Cl)c2)c1. The third-order valence-electron chi connectivity index (χ3n) is 3.03. The molecule has 6 nitrogen and oxygen atoms in total. The van der Waals surface area contributed by atoms with Gasteiger partial charge in [-0.3, -0.25) is 0 Å². The molecule has 3 aromatic rings. The highest BCUT2D eigenvalue weighted by atomic mass is 35.5. The van der Waals surface area contributed by atoms with Crippen molar-refractivity contribution in [3.05, 3.63) is 47.5 Å². The Morgan fingerprint density at radius 2 is 2.05 bits per heavy atom. The van der Waals surface area contributed by atoms with E-state index in [4.69, 9.17) is 22.1 Å². The van der Waals surface area contributed by atoms with E-state index in [1.54, 1.807) is 23.9 Å². The number of nitrogens with zero attached hydrogens (tertiary/aromatic N) is 4. The average Bonchev–Trinajstić information content (AvgIpc) is 2.99. The molecule has 0 bridgehead atoms. The van der Waals surface area contributed by atoms with Crippen molar-refractivity contribution >= 4 is 17.3 Å². The topological polar surface area (TPSA) is 78.8 Å². The smallest absolute Gasteiger partial charge is 0.187 e. The molecule has 0 radical (unpaired) electrons. The second-order valence-electron chi connectivity index (χ2n) is 4.35. The van der Waals surface area contributed by atoms with Crippen molar-refractivity contribution in [3.63, 3.8) is 0 Å². The minimum atomic E-state index is 0.465. The number of anilines is 1. The average molecular weight is 302 g/mol. The van der Waals surface area contributed by atoms with Crippen molar-refractivity contribution in [1.82, 2.24) is 20.2 Å². The van der Waals surface area contributed by atoms with Gasteiger partial charge < -0.3 is 10.5 Å². The standard InChI is InChI=1S/C14H12ClN5O/c1-21-11-4-2-3-10(8-11)20-14(17-18-19-20)9-5-6-13(16)12(15)7-9/h2-8H,16H2,1H3. The predicted molar refractivity (Wildman–Crippen MR) is 80.6 cm³/mol. The zero-order valence-corrected chi connectivity index (χ0v) is 11.9. The lowest BCUT2D eigenvalue weighted by Gasteiger charge is -2.07. The quantitative estimate of drug-likeness (QED) is 0.752. The van der Waals surface area contributed by atoms with Gasteiger partial charge in [-0.05, 0) is 40.8 Å². The normalized spacial score (nSPS) is 10.6. The Morgan fingerprint density at radius 1 is 1.19 bits per heavy atom. The summed E-state index contributed by atoms with van der Waals surface area (Å²) in [4.78, 5) is 0. The number of aromatic nitrogens is 4. The maximum Gasteiger partial charge on any atom is 0.187 e. The number of benzene rings is 2. The van der Waals surface area contributed by atoms with Crippen LogP contribution in [0.1, 0.15) is 0 Å². The van der Waals surface area contributed by atoms with Gasteiger partial charge in [-0.15, -0.1) is 5.10 Å². The van der Waals surface area contributed by atoms with Crippen LogP contribution in [0.15, 0.2) is 42.5 Å². The van der Waals surface area contributed by atoms with Crippen molar-refractivity contribution in [1.29, 1.82) is 0 Å². The summed E-state index contributed by atoms with van der Waals surface area (Å²) in [5, 5.41) is 12.3. The molecule has 0 spiro atoms. The summed E-state index contributed by atoms with van der Waals surface area (Å²) in [6, 6.07) is 12.7. The van der Waals surface area contributed by atoms with Gasteiger partial charge in [-0.2, -0.15) is 4.68 Å². The van der Waals surface area contributed by atoms with E-state index in [0.29, 0.717) is 16.5 Å². The van der Waals surface area contributed by atoms with E-state index in [9.17, 15) is 0 Å². The molecular formula is C14H12ClN5O. The molecule has 106 valence electrons. The van der Waals surface area contributed by atoms with Crippen LogP contribution < -0.4 is 10.5 Å². The van der Waals surface area contributed by atoms with Crippen LogP contribution in [0, 0.1) is 0 Å². The van der Waals surface area contributed by atoms with Crippen molar-refractivity contribution in [2.75, 3.05) is 12.8 Å². The number of tetrazole rings is 1. The summed E-state index contributed by atoms with van der Waals surface area (Å²) in [6.45, 7) is 0. The molecule has 2 aromatic carbocycles. The van der Waals surface area contributed by atoms with Gasteiger partial charge in [0.15, 0.2) is 5.82 Å². The van der Waals surface area contributed by atoms with Crippen molar-refractivity contribution < 1.29 is 4.74 Å². The van der Waals surface area contributed by atoms with E-state index < -0.39 is 0 Å². The van der Waals surface area contributed by atoms with Gasteiger partial charge in [-0.25, -0.2) is 0 Å². The molecule has 0 saturated carbocycles. The molecule has 7 heteroatoms. The number of nitrogen functional groups attached to an aromatic ring is 1. The molecule has 0 amide bonds. The van der Waals surface area contributed by atoms with Crippen molar-refractivity contribution in [3.8, 4) is 22.8 Å². The summed E-state index contributed by atoms with van der Waals surface area (Å²) in [7, 11) is 1.61. The summed E-state index contributed by atoms with van der Waals surface area (Å²) in [6.07, 6.45) is 0.